The number of para-hydroxylation sites is 1. The summed E-state index contributed by atoms with van der Waals surface area (Å²) < 4.78 is 2.10. The smallest absolute Gasteiger partial charge is 0.247 e. The first-order chi connectivity index (χ1) is 14.0. The van der Waals surface area contributed by atoms with Crippen molar-refractivity contribution in [3.05, 3.63) is 65.7 Å². The number of nitrogens with zero attached hydrogens (tertiary/aromatic N) is 2. The fourth-order valence-corrected chi connectivity index (χ4v) is 5.13. The Morgan fingerprint density at radius 3 is 2.55 bits per heavy atom. The summed E-state index contributed by atoms with van der Waals surface area (Å²) >= 11 is 1.52. The molecule has 0 fully saturated rings. The van der Waals surface area contributed by atoms with Crippen LogP contribution in [0.25, 0.3) is 10.9 Å². The van der Waals surface area contributed by atoms with Crippen molar-refractivity contribution in [2.24, 2.45) is 7.05 Å². The first-order valence-corrected chi connectivity index (χ1v) is 10.8. The van der Waals surface area contributed by atoms with Crippen LogP contribution in [0.3, 0.4) is 0 Å². The molecule has 0 aliphatic carbocycles. The van der Waals surface area contributed by atoms with Crippen molar-refractivity contribution in [2.75, 3.05) is 5.75 Å². The van der Waals surface area contributed by atoms with Crippen LogP contribution < -0.4 is 5.32 Å². The van der Waals surface area contributed by atoms with Crippen LogP contribution in [0.15, 0.2) is 59.6 Å². The van der Waals surface area contributed by atoms with Gasteiger partial charge in [0.1, 0.15) is 6.04 Å². The van der Waals surface area contributed by atoms with E-state index in [4.69, 9.17) is 0 Å². The third-order valence-electron chi connectivity index (χ3n) is 5.38. The van der Waals surface area contributed by atoms with Crippen molar-refractivity contribution in [1.82, 2.24) is 14.8 Å². The van der Waals surface area contributed by atoms with Gasteiger partial charge in [0.2, 0.25) is 11.8 Å². The summed E-state index contributed by atoms with van der Waals surface area (Å²) in [5, 5.41) is 5.08. The van der Waals surface area contributed by atoms with Gasteiger partial charge in [0.05, 0.1) is 10.8 Å². The molecule has 1 atom stereocenters. The van der Waals surface area contributed by atoms with Crippen LogP contribution in [0.5, 0.6) is 0 Å². The van der Waals surface area contributed by atoms with Crippen molar-refractivity contribution in [2.45, 2.75) is 37.5 Å². The van der Waals surface area contributed by atoms with Crippen LogP contribution in [0.4, 0.5) is 0 Å². The molecule has 29 heavy (non-hydrogen) atoms. The predicted octanol–water partition coefficient (Wildman–Crippen LogP) is 3.88. The molecular weight excluding hydrogens is 382 g/mol. The Labute approximate surface area is 175 Å². The Kier molecular flexibility index (Phi) is 5.37. The molecule has 6 heteroatoms. The predicted molar refractivity (Wildman–Crippen MR) is 117 cm³/mol. The summed E-state index contributed by atoms with van der Waals surface area (Å²) in [6.45, 7) is 4.37. The molecular formula is C23H25N3O2S. The molecule has 2 amide bonds. The molecule has 0 saturated carbocycles. The molecule has 2 aromatic carbocycles. The number of benzene rings is 2. The zero-order valence-corrected chi connectivity index (χ0v) is 17.7. The number of thioether (sulfide) groups is 1. The summed E-state index contributed by atoms with van der Waals surface area (Å²) in [6, 6.07) is 17.2. The Bertz CT molecular complexity index is 1060. The normalized spacial score (nSPS) is 16.8. The molecule has 4 rings (SSSR count). The first kappa shape index (κ1) is 19.6. The molecule has 3 aromatic rings. The monoisotopic (exact) mass is 407 g/mol. The molecule has 0 bridgehead atoms. The molecule has 0 spiro atoms. The van der Waals surface area contributed by atoms with Crippen molar-refractivity contribution >= 4 is 34.5 Å². The maximum absolute atomic E-state index is 13.5. The van der Waals surface area contributed by atoms with Crippen molar-refractivity contribution in [3.63, 3.8) is 0 Å². The minimum atomic E-state index is -0.651. The number of hydrogen-bond donors (Lipinski definition) is 1. The quantitative estimate of drug-likeness (QED) is 0.714. The number of hydrogen-bond acceptors (Lipinski definition) is 3. The molecule has 0 radical (unpaired) electrons. The number of fused-ring (bicyclic) bond motifs is 3. The maximum atomic E-state index is 13.5. The lowest BCUT2D eigenvalue weighted by Gasteiger charge is -2.33. The van der Waals surface area contributed by atoms with Gasteiger partial charge in [0, 0.05) is 36.1 Å². The Morgan fingerprint density at radius 2 is 1.83 bits per heavy atom. The van der Waals surface area contributed by atoms with Gasteiger partial charge in [-0.1, -0.05) is 60.3 Å². The highest BCUT2D eigenvalue weighted by molar-refractivity contribution is 8.00. The van der Waals surface area contributed by atoms with Gasteiger partial charge >= 0.3 is 0 Å². The average molecular weight is 408 g/mol. The third-order valence-corrected chi connectivity index (χ3v) is 6.54. The van der Waals surface area contributed by atoms with Crippen LogP contribution in [-0.2, 0) is 23.2 Å². The molecule has 1 aromatic heterocycles. The Morgan fingerprint density at radius 1 is 1.14 bits per heavy atom. The number of nitrogens with one attached hydrogen (secondary N) is 1. The van der Waals surface area contributed by atoms with Crippen LogP contribution in [0, 0.1) is 0 Å². The fourth-order valence-electron chi connectivity index (χ4n) is 4.05. The van der Waals surface area contributed by atoms with E-state index in [9.17, 15) is 9.59 Å². The van der Waals surface area contributed by atoms with E-state index in [1.165, 1.54) is 11.8 Å². The van der Waals surface area contributed by atoms with Gasteiger partial charge in [-0.05, 0) is 25.5 Å². The lowest BCUT2D eigenvalue weighted by Crippen LogP contribution is -2.46. The molecule has 150 valence electrons. The van der Waals surface area contributed by atoms with E-state index >= 15 is 0 Å². The minimum absolute atomic E-state index is 0.00913. The maximum Gasteiger partial charge on any atom is 0.247 e. The van der Waals surface area contributed by atoms with Crippen molar-refractivity contribution in [1.29, 1.82) is 0 Å². The number of carbonyl (C=O) groups excluding carboxylic acids is 2. The summed E-state index contributed by atoms with van der Waals surface area (Å²) in [4.78, 5) is 28.2. The van der Waals surface area contributed by atoms with Gasteiger partial charge in [-0.15, -0.1) is 0 Å². The number of aryl methyl sites for hydroxylation is 1. The summed E-state index contributed by atoms with van der Waals surface area (Å²) in [6.07, 6.45) is 0. The van der Waals surface area contributed by atoms with Gasteiger partial charge in [-0.3, -0.25) is 9.59 Å². The second-order valence-corrected chi connectivity index (χ2v) is 8.55. The highest BCUT2D eigenvalue weighted by Gasteiger charge is 2.39. The van der Waals surface area contributed by atoms with Gasteiger partial charge in [0.15, 0.2) is 0 Å². The minimum Gasteiger partial charge on any atom is -0.350 e. The number of carbonyl (C=O) groups is 2. The zero-order valence-electron chi connectivity index (χ0n) is 16.9. The second-order valence-electron chi connectivity index (χ2n) is 7.58. The highest BCUT2D eigenvalue weighted by atomic mass is 32.2. The largest absolute Gasteiger partial charge is 0.350 e. The first-order valence-electron chi connectivity index (χ1n) is 9.82. The van der Waals surface area contributed by atoms with E-state index in [-0.39, 0.29) is 17.9 Å². The number of aromatic nitrogens is 1. The van der Waals surface area contributed by atoms with E-state index in [0.717, 1.165) is 27.1 Å². The van der Waals surface area contributed by atoms with E-state index < -0.39 is 6.04 Å². The van der Waals surface area contributed by atoms with E-state index in [2.05, 4.69) is 16.0 Å². The zero-order chi connectivity index (χ0) is 20.5. The van der Waals surface area contributed by atoms with E-state index in [1.54, 1.807) is 4.90 Å². The molecule has 1 N–H and O–H groups in total. The lowest BCUT2D eigenvalue weighted by atomic mass is 10.0. The molecule has 1 aliphatic rings. The molecule has 1 aliphatic heterocycles. The SMILES string of the molecule is CC(C)N1C(=O)CSc2c(c3ccccc3n2C)C1C(=O)NCc1ccccc1. The topological polar surface area (TPSA) is 54.3 Å². The van der Waals surface area contributed by atoms with Gasteiger partial charge < -0.3 is 14.8 Å². The van der Waals surface area contributed by atoms with E-state index in [1.807, 2.05) is 69.4 Å². The summed E-state index contributed by atoms with van der Waals surface area (Å²) in [5.41, 5.74) is 3.03. The van der Waals surface area contributed by atoms with Crippen LogP contribution in [-0.4, -0.2) is 33.1 Å². The standard InChI is InChI=1S/C23H25N3O2S/c1-15(2)26-19(27)14-29-23-20(17-11-7-8-12-18(17)25(23)3)21(26)22(28)24-13-16-9-5-4-6-10-16/h4-12,15,21H,13-14H2,1-3H3,(H,24,28). The Hall–Kier alpha value is -2.73. The number of amides is 2. The van der Waals surface area contributed by atoms with Crippen molar-refractivity contribution in [3.8, 4) is 0 Å². The lowest BCUT2D eigenvalue weighted by molar-refractivity contribution is -0.140. The van der Waals surface area contributed by atoms with Gasteiger partial charge in [-0.2, -0.15) is 0 Å². The second kappa shape index (κ2) is 7.95. The molecule has 0 saturated heterocycles. The molecule has 2 heterocycles. The fraction of sp³-hybridized carbons (Fsp3) is 0.304. The highest BCUT2D eigenvalue weighted by Crippen LogP contribution is 2.42. The van der Waals surface area contributed by atoms with Gasteiger partial charge in [-0.25, -0.2) is 0 Å². The average Bonchev–Trinajstić information content (AvgIpc) is 2.89. The molecule has 1 unspecified atom stereocenters. The summed E-state index contributed by atoms with van der Waals surface area (Å²) in [5.74, 6) is 0.179. The van der Waals surface area contributed by atoms with Gasteiger partial charge in [0.25, 0.3) is 0 Å². The van der Waals surface area contributed by atoms with Crippen LogP contribution in [0.2, 0.25) is 0 Å². The van der Waals surface area contributed by atoms with Crippen LogP contribution >= 0.6 is 11.8 Å². The third kappa shape index (κ3) is 3.53. The number of rotatable bonds is 4. The van der Waals surface area contributed by atoms with Crippen molar-refractivity contribution < 1.29 is 9.59 Å². The molecule has 5 nitrogen and oxygen atoms in total. The Balaban J connectivity index is 1.80. The summed E-state index contributed by atoms with van der Waals surface area (Å²) in [7, 11) is 2.00. The van der Waals surface area contributed by atoms with Crippen LogP contribution in [0.1, 0.15) is 31.0 Å². The van der Waals surface area contributed by atoms with E-state index in [0.29, 0.717) is 12.3 Å².